The fourth-order valence-corrected chi connectivity index (χ4v) is 1.83. The van der Waals surface area contributed by atoms with E-state index in [-0.39, 0.29) is 0 Å². The Morgan fingerprint density at radius 2 is 2.12 bits per heavy atom. The van der Waals surface area contributed by atoms with Crippen molar-refractivity contribution in [1.82, 2.24) is 10.2 Å². The molecule has 0 saturated carbocycles. The minimum absolute atomic E-state index is 0.509. The molecule has 0 spiro atoms. The molecule has 0 bridgehead atoms. The average Bonchev–Trinajstić information content (AvgIpc) is 2.78. The minimum atomic E-state index is 0.509. The number of halogens is 2. The van der Waals surface area contributed by atoms with Crippen LogP contribution in [-0.2, 0) is 6.42 Å². The Balaban J connectivity index is 2.27. The van der Waals surface area contributed by atoms with Gasteiger partial charge >= 0.3 is 0 Å². The van der Waals surface area contributed by atoms with Crippen LogP contribution in [0.25, 0.3) is 11.5 Å². The van der Waals surface area contributed by atoms with Crippen LogP contribution in [0.15, 0.2) is 22.6 Å². The fraction of sp³-hybridized carbons (Fsp3) is 0.333. The second-order valence-corrected chi connectivity index (χ2v) is 4.49. The summed E-state index contributed by atoms with van der Waals surface area (Å²) in [7, 11) is 0. The molecule has 0 aliphatic rings. The Morgan fingerprint density at radius 1 is 1.29 bits per heavy atom. The fourth-order valence-electron chi connectivity index (χ4n) is 1.52. The van der Waals surface area contributed by atoms with Crippen LogP contribution in [0.1, 0.15) is 17.9 Å². The molecule has 1 aromatic carbocycles. The van der Waals surface area contributed by atoms with Crippen LogP contribution in [0, 0.1) is 6.92 Å². The molecule has 0 amide bonds. The smallest absolute Gasteiger partial charge is 0.248 e. The molecule has 0 atom stereocenters. The molecular weight excluding hydrogens is 259 g/mol. The largest absolute Gasteiger partial charge is 0.421 e. The van der Waals surface area contributed by atoms with Gasteiger partial charge in [-0.2, -0.15) is 0 Å². The molecule has 5 heteroatoms. The van der Waals surface area contributed by atoms with E-state index in [9.17, 15) is 0 Å². The van der Waals surface area contributed by atoms with Gasteiger partial charge in [0.05, 0.1) is 0 Å². The van der Waals surface area contributed by atoms with E-state index in [0.29, 0.717) is 29.1 Å². The van der Waals surface area contributed by atoms with Crippen molar-refractivity contribution in [2.45, 2.75) is 19.8 Å². The van der Waals surface area contributed by atoms with Crippen molar-refractivity contribution in [3.63, 3.8) is 0 Å². The lowest BCUT2D eigenvalue weighted by Crippen LogP contribution is -1.85. The highest BCUT2D eigenvalue weighted by Gasteiger charge is 2.11. The third kappa shape index (κ3) is 2.79. The summed E-state index contributed by atoms with van der Waals surface area (Å²) in [5.74, 6) is 1.71. The summed E-state index contributed by atoms with van der Waals surface area (Å²) < 4.78 is 5.57. The van der Waals surface area contributed by atoms with Crippen molar-refractivity contribution in [2.24, 2.45) is 0 Å². The van der Waals surface area contributed by atoms with Gasteiger partial charge in [-0.25, -0.2) is 0 Å². The standard InChI is InChI=1S/C12H12Cl2N2O/c1-8-9(4-2-5-10(8)14)12-16-15-11(17-12)6-3-7-13/h2,4-5H,3,6-7H2,1H3. The van der Waals surface area contributed by atoms with Gasteiger partial charge in [0, 0.05) is 22.9 Å². The average molecular weight is 271 g/mol. The summed E-state index contributed by atoms with van der Waals surface area (Å²) in [6, 6.07) is 5.62. The Bertz CT molecular complexity index is 511. The van der Waals surface area contributed by atoms with Crippen molar-refractivity contribution in [3.05, 3.63) is 34.7 Å². The zero-order valence-corrected chi connectivity index (χ0v) is 10.9. The van der Waals surface area contributed by atoms with E-state index in [2.05, 4.69) is 10.2 Å². The second kappa shape index (κ2) is 5.52. The van der Waals surface area contributed by atoms with Crippen LogP contribution < -0.4 is 0 Å². The van der Waals surface area contributed by atoms with E-state index in [1.165, 1.54) is 0 Å². The van der Waals surface area contributed by atoms with E-state index in [0.717, 1.165) is 17.5 Å². The third-order valence-corrected chi connectivity index (χ3v) is 3.17. The Kier molecular flexibility index (Phi) is 4.02. The summed E-state index contributed by atoms with van der Waals surface area (Å²) in [4.78, 5) is 0. The first-order chi connectivity index (χ1) is 8.22. The number of aromatic nitrogens is 2. The Morgan fingerprint density at radius 3 is 2.88 bits per heavy atom. The van der Waals surface area contributed by atoms with Crippen LogP contribution >= 0.6 is 23.2 Å². The summed E-state index contributed by atoms with van der Waals surface area (Å²) in [6.45, 7) is 1.93. The lowest BCUT2D eigenvalue weighted by Gasteiger charge is -2.01. The number of benzene rings is 1. The normalized spacial score (nSPS) is 10.8. The number of hydrogen-bond donors (Lipinski definition) is 0. The predicted molar refractivity (Wildman–Crippen MR) is 68.5 cm³/mol. The third-order valence-electron chi connectivity index (χ3n) is 2.49. The number of nitrogens with zero attached hydrogens (tertiary/aromatic N) is 2. The predicted octanol–water partition coefficient (Wildman–Crippen LogP) is 3.87. The van der Waals surface area contributed by atoms with Gasteiger partial charge in [0.2, 0.25) is 11.8 Å². The molecular formula is C12H12Cl2N2O. The van der Waals surface area contributed by atoms with Crippen LogP contribution in [0.4, 0.5) is 0 Å². The SMILES string of the molecule is Cc1c(Cl)cccc1-c1nnc(CCCCl)o1. The molecule has 3 nitrogen and oxygen atoms in total. The van der Waals surface area contributed by atoms with Crippen molar-refractivity contribution in [1.29, 1.82) is 0 Å². The zero-order chi connectivity index (χ0) is 12.3. The van der Waals surface area contributed by atoms with Crippen molar-refractivity contribution >= 4 is 23.2 Å². The summed E-state index contributed by atoms with van der Waals surface area (Å²) in [5.41, 5.74) is 1.82. The number of hydrogen-bond acceptors (Lipinski definition) is 3. The van der Waals surface area contributed by atoms with E-state index in [4.69, 9.17) is 27.6 Å². The molecule has 17 heavy (non-hydrogen) atoms. The van der Waals surface area contributed by atoms with E-state index < -0.39 is 0 Å². The van der Waals surface area contributed by atoms with Gasteiger partial charge in [0.1, 0.15) is 0 Å². The van der Waals surface area contributed by atoms with Gasteiger partial charge in [0.25, 0.3) is 0 Å². The van der Waals surface area contributed by atoms with Gasteiger partial charge in [0.15, 0.2) is 0 Å². The van der Waals surface area contributed by atoms with Gasteiger partial charge < -0.3 is 4.42 Å². The molecule has 0 aliphatic carbocycles. The molecule has 1 aromatic heterocycles. The molecule has 2 aromatic rings. The number of rotatable bonds is 4. The van der Waals surface area contributed by atoms with Crippen LogP contribution in [0.3, 0.4) is 0 Å². The topological polar surface area (TPSA) is 38.9 Å². The summed E-state index contributed by atoms with van der Waals surface area (Å²) in [6.07, 6.45) is 1.54. The monoisotopic (exact) mass is 270 g/mol. The van der Waals surface area contributed by atoms with Gasteiger partial charge in [-0.05, 0) is 31.0 Å². The lowest BCUT2D eigenvalue weighted by molar-refractivity contribution is 0.502. The maximum Gasteiger partial charge on any atom is 0.248 e. The van der Waals surface area contributed by atoms with E-state index in [1.807, 2.05) is 25.1 Å². The van der Waals surface area contributed by atoms with Crippen molar-refractivity contribution in [3.8, 4) is 11.5 Å². The van der Waals surface area contributed by atoms with E-state index in [1.54, 1.807) is 0 Å². The number of aryl methyl sites for hydroxylation is 1. The van der Waals surface area contributed by atoms with Gasteiger partial charge in [-0.3, -0.25) is 0 Å². The molecule has 0 fully saturated rings. The summed E-state index contributed by atoms with van der Waals surface area (Å²) >= 11 is 11.7. The molecule has 1 heterocycles. The molecule has 0 N–H and O–H groups in total. The molecule has 0 aliphatic heterocycles. The van der Waals surface area contributed by atoms with Crippen molar-refractivity contribution in [2.75, 3.05) is 5.88 Å². The first kappa shape index (κ1) is 12.4. The van der Waals surface area contributed by atoms with E-state index >= 15 is 0 Å². The highest BCUT2D eigenvalue weighted by Crippen LogP contribution is 2.27. The number of alkyl halides is 1. The maximum atomic E-state index is 6.05. The van der Waals surface area contributed by atoms with Crippen molar-refractivity contribution < 1.29 is 4.42 Å². The van der Waals surface area contributed by atoms with Crippen LogP contribution in [0.5, 0.6) is 0 Å². The molecule has 0 unspecified atom stereocenters. The van der Waals surface area contributed by atoms with Crippen LogP contribution in [-0.4, -0.2) is 16.1 Å². The molecule has 2 rings (SSSR count). The quantitative estimate of drug-likeness (QED) is 0.792. The second-order valence-electron chi connectivity index (χ2n) is 3.71. The first-order valence-corrected chi connectivity index (χ1v) is 6.27. The Labute approximate surface area is 110 Å². The zero-order valence-electron chi connectivity index (χ0n) is 9.41. The van der Waals surface area contributed by atoms with Gasteiger partial charge in [-0.15, -0.1) is 21.8 Å². The van der Waals surface area contributed by atoms with Gasteiger partial charge in [-0.1, -0.05) is 17.7 Å². The Hall–Kier alpha value is -1.06. The lowest BCUT2D eigenvalue weighted by atomic mass is 10.1. The highest BCUT2D eigenvalue weighted by atomic mass is 35.5. The molecule has 0 saturated heterocycles. The summed E-state index contributed by atoms with van der Waals surface area (Å²) in [5, 5.41) is 8.70. The maximum absolute atomic E-state index is 6.05. The highest BCUT2D eigenvalue weighted by molar-refractivity contribution is 6.31. The molecule has 90 valence electrons. The van der Waals surface area contributed by atoms with Crippen LogP contribution in [0.2, 0.25) is 5.02 Å². The minimum Gasteiger partial charge on any atom is -0.421 e. The first-order valence-electron chi connectivity index (χ1n) is 5.36. The molecule has 0 radical (unpaired) electrons.